The predicted molar refractivity (Wildman–Crippen MR) is 76.4 cm³/mol. The molecule has 0 radical (unpaired) electrons. The average molecular weight is 340 g/mol. The maximum absolute atomic E-state index is 5.75. The first kappa shape index (κ1) is 12.4. The second-order valence-corrected chi connectivity index (χ2v) is 5.06. The van der Waals surface area contributed by atoms with Gasteiger partial charge in [-0.05, 0) is 29.8 Å². The number of benzene rings is 1. The summed E-state index contributed by atoms with van der Waals surface area (Å²) in [6.07, 6.45) is 1.60. The molecule has 0 aliphatic carbocycles. The largest absolute Gasteiger partial charge is 0.496 e. The summed E-state index contributed by atoms with van der Waals surface area (Å²) >= 11 is 9.15. The molecule has 0 unspecified atom stereocenters. The molecular formula is C12H8BrClN4O. The van der Waals surface area contributed by atoms with E-state index in [-0.39, 0.29) is 5.28 Å². The number of ether oxygens (including phenoxy) is 1. The van der Waals surface area contributed by atoms with E-state index in [2.05, 4.69) is 35.9 Å². The minimum absolute atomic E-state index is 0.174. The number of nitrogens with zero attached hydrogens (tertiary/aromatic N) is 3. The summed E-state index contributed by atoms with van der Waals surface area (Å²) in [6, 6.07) is 5.71. The summed E-state index contributed by atoms with van der Waals surface area (Å²) in [5, 5.41) is 0.174. The lowest BCUT2D eigenvalue weighted by Gasteiger charge is -2.06. The minimum atomic E-state index is 0.174. The molecule has 0 bridgehead atoms. The van der Waals surface area contributed by atoms with Crippen LogP contribution in [0.1, 0.15) is 0 Å². The van der Waals surface area contributed by atoms with Gasteiger partial charge < -0.3 is 9.72 Å². The number of hydrogen-bond acceptors (Lipinski definition) is 4. The van der Waals surface area contributed by atoms with Crippen molar-refractivity contribution >= 4 is 38.7 Å². The molecule has 1 aromatic carbocycles. The smallest absolute Gasteiger partial charge is 0.224 e. The van der Waals surface area contributed by atoms with E-state index in [1.165, 1.54) is 0 Å². The van der Waals surface area contributed by atoms with Gasteiger partial charge in [-0.25, -0.2) is 9.97 Å². The van der Waals surface area contributed by atoms with Gasteiger partial charge in [0, 0.05) is 4.47 Å². The maximum atomic E-state index is 5.75. The third kappa shape index (κ3) is 2.29. The van der Waals surface area contributed by atoms with Gasteiger partial charge in [-0.15, -0.1) is 0 Å². The molecule has 3 aromatic rings. The summed E-state index contributed by atoms with van der Waals surface area (Å²) in [5.41, 5.74) is 2.10. The molecule has 0 saturated carbocycles. The highest BCUT2D eigenvalue weighted by atomic mass is 79.9. The summed E-state index contributed by atoms with van der Waals surface area (Å²) < 4.78 is 6.29. The first-order chi connectivity index (χ1) is 9.17. The van der Waals surface area contributed by atoms with Crippen molar-refractivity contribution in [1.29, 1.82) is 0 Å². The van der Waals surface area contributed by atoms with Crippen molar-refractivity contribution < 1.29 is 4.74 Å². The number of rotatable bonds is 2. The van der Waals surface area contributed by atoms with Gasteiger partial charge in [-0.2, -0.15) is 4.98 Å². The molecular weight excluding hydrogens is 332 g/mol. The van der Waals surface area contributed by atoms with Crippen molar-refractivity contribution in [2.24, 2.45) is 0 Å². The Labute approximate surface area is 122 Å². The Bertz CT molecular complexity index is 759. The molecule has 0 aliphatic rings. The molecule has 0 amide bonds. The third-order valence-electron chi connectivity index (χ3n) is 2.63. The number of imidazole rings is 1. The van der Waals surface area contributed by atoms with Crippen molar-refractivity contribution in [3.8, 4) is 17.1 Å². The van der Waals surface area contributed by atoms with Crippen LogP contribution in [-0.2, 0) is 0 Å². The van der Waals surface area contributed by atoms with Gasteiger partial charge >= 0.3 is 0 Å². The second kappa shape index (κ2) is 4.79. The molecule has 7 heteroatoms. The van der Waals surface area contributed by atoms with E-state index < -0.39 is 0 Å². The first-order valence-electron chi connectivity index (χ1n) is 5.39. The van der Waals surface area contributed by atoms with Gasteiger partial charge in [-0.3, -0.25) is 0 Å². The number of hydrogen-bond donors (Lipinski definition) is 1. The van der Waals surface area contributed by atoms with E-state index in [1.807, 2.05) is 18.2 Å². The van der Waals surface area contributed by atoms with Gasteiger partial charge in [-0.1, -0.05) is 15.9 Å². The number of fused-ring (bicyclic) bond motifs is 1. The first-order valence-corrected chi connectivity index (χ1v) is 6.56. The topological polar surface area (TPSA) is 63.7 Å². The zero-order valence-electron chi connectivity index (χ0n) is 9.82. The van der Waals surface area contributed by atoms with Gasteiger partial charge in [0.05, 0.1) is 18.9 Å². The zero-order valence-corrected chi connectivity index (χ0v) is 12.2. The van der Waals surface area contributed by atoms with Gasteiger partial charge in [0.1, 0.15) is 17.1 Å². The fourth-order valence-corrected chi connectivity index (χ4v) is 2.24. The predicted octanol–water partition coefficient (Wildman–Crippen LogP) is 3.44. The zero-order chi connectivity index (χ0) is 13.4. The van der Waals surface area contributed by atoms with E-state index in [0.29, 0.717) is 17.2 Å². The maximum Gasteiger partial charge on any atom is 0.224 e. The molecule has 3 rings (SSSR count). The lowest BCUT2D eigenvalue weighted by atomic mass is 10.2. The van der Waals surface area contributed by atoms with Crippen LogP contribution < -0.4 is 4.74 Å². The Morgan fingerprint density at radius 2 is 2.16 bits per heavy atom. The van der Waals surface area contributed by atoms with Crippen molar-refractivity contribution in [2.75, 3.05) is 7.11 Å². The number of halogens is 2. The highest BCUT2D eigenvalue weighted by molar-refractivity contribution is 9.10. The number of aromatic nitrogens is 4. The molecule has 96 valence electrons. The van der Waals surface area contributed by atoms with Gasteiger partial charge in [0.25, 0.3) is 0 Å². The summed E-state index contributed by atoms with van der Waals surface area (Å²) in [7, 11) is 1.62. The molecule has 0 spiro atoms. The van der Waals surface area contributed by atoms with Crippen molar-refractivity contribution in [3.63, 3.8) is 0 Å². The molecule has 19 heavy (non-hydrogen) atoms. The summed E-state index contributed by atoms with van der Waals surface area (Å²) in [5.74, 6) is 1.38. The van der Waals surface area contributed by atoms with Crippen LogP contribution in [0.2, 0.25) is 5.28 Å². The average Bonchev–Trinajstić information content (AvgIpc) is 2.81. The van der Waals surface area contributed by atoms with Crippen LogP contribution in [0.5, 0.6) is 5.75 Å². The number of aromatic amines is 1. The number of nitrogens with one attached hydrogen (secondary N) is 1. The standard InChI is InChI=1S/C12H8BrClN4O/c1-19-9-4-6(13)2-3-7(9)10-16-8-5-15-12(14)18-11(8)17-10/h2-5H,1H3,(H,15,16,17,18). The Balaban J connectivity index is 2.18. The molecule has 0 fully saturated rings. The van der Waals surface area contributed by atoms with E-state index in [9.17, 15) is 0 Å². The van der Waals surface area contributed by atoms with E-state index in [1.54, 1.807) is 13.3 Å². The van der Waals surface area contributed by atoms with Crippen molar-refractivity contribution in [2.45, 2.75) is 0 Å². The van der Waals surface area contributed by atoms with Crippen molar-refractivity contribution in [1.82, 2.24) is 19.9 Å². The summed E-state index contributed by atoms with van der Waals surface area (Å²) in [4.78, 5) is 15.5. The van der Waals surface area contributed by atoms with Crippen LogP contribution in [0.25, 0.3) is 22.6 Å². The fraction of sp³-hybridized carbons (Fsp3) is 0.0833. The molecule has 1 N–H and O–H groups in total. The quantitative estimate of drug-likeness (QED) is 0.726. The van der Waals surface area contributed by atoms with Crippen LogP contribution in [0.4, 0.5) is 0 Å². The second-order valence-electron chi connectivity index (χ2n) is 3.81. The minimum Gasteiger partial charge on any atom is -0.496 e. The van der Waals surface area contributed by atoms with Crippen LogP contribution in [-0.4, -0.2) is 27.0 Å². The van der Waals surface area contributed by atoms with Crippen LogP contribution in [0.3, 0.4) is 0 Å². The molecule has 0 atom stereocenters. The summed E-state index contributed by atoms with van der Waals surface area (Å²) in [6.45, 7) is 0. The third-order valence-corrected chi connectivity index (χ3v) is 3.30. The fourth-order valence-electron chi connectivity index (χ4n) is 1.78. The molecule has 2 aromatic heterocycles. The van der Waals surface area contributed by atoms with Crippen molar-refractivity contribution in [3.05, 3.63) is 34.2 Å². The highest BCUT2D eigenvalue weighted by Gasteiger charge is 2.12. The van der Waals surface area contributed by atoms with Gasteiger partial charge in [0.2, 0.25) is 5.28 Å². The van der Waals surface area contributed by atoms with E-state index in [4.69, 9.17) is 16.3 Å². The molecule has 0 aliphatic heterocycles. The van der Waals surface area contributed by atoms with Crippen LogP contribution in [0.15, 0.2) is 28.9 Å². The Morgan fingerprint density at radius 1 is 1.32 bits per heavy atom. The Kier molecular flexibility index (Phi) is 3.12. The SMILES string of the molecule is COc1cc(Br)ccc1-c1nc2nc(Cl)ncc2[nH]1. The molecule has 2 heterocycles. The molecule has 5 nitrogen and oxygen atoms in total. The van der Waals surface area contributed by atoms with E-state index in [0.717, 1.165) is 15.6 Å². The Hall–Kier alpha value is -1.66. The highest BCUT2D eigenvalue weighted by Crippen LogP contribution is 2.31. The van der Waals surface area contributed by atoms with Crippen LogP contribution in [0, 0.1) is 0 Å². The Morgan fingerprint density at radius 3 is 2.95 bits per heavy atom. The van der Waals surface area contributed by atoms with E-state index >= 15 is 0 Å². The van der Waals surface area contributed by atoms with Gasteiger partial charge in [0.15, 0.2) is 5.65 Å². The lowest BCUT2D eigenvalue weighted by molar-refractivity contribution is 0.416. The number of H-pyrrole nitrogens is 1. The lowest BCUT2D eigenvalue weighted by Crippen LogP contribution is -1.89. The molecule has 0 saturated heterocycles. The van der Waals surface area contributed by atoms with Crippen LogP contribution >= 0.6 is 27.5 Å². The number of methoxy groups -OCH3 is 1. The monoisotopic (exact) mass is 338 g/mol. The normalized spacial score (nSPS) is 10.9.